The SMILES string of the molecule is Cc1cc2ccccc2n1CC(=O)Cc1ccccc1. The standard InChI is InChI=1S/C18H17NO/c1-14-11-16-9-5-6-10-18(16)19(14)13-17(20)12-15-7-3-2-4-8-15/h2-11H,12-13H2,1H3. The van der Waals surface area contributed by atoms with E-state index in [0.717, 1.165) is 16.8 Å². The van der Waals surface area contributed by atoms with Gasteiger partial charge in [-0.2, -0.15) is 0 Å². The van der Waals surface area contributed by atoms with Crippen LogP contribution in [0.1, 0.15) is 11.3 Å². The Kier molecular flexibility index (Phi) is 3.38. The minimum absolute atomic E-state index is 0.237. The minimum atomic E-state index is 0.237. The van der Waals surface area contributed by atoms with Crippen molar-refractivity contribution in [2.45, 2.75) is 19.9 Å². The van der Waals surface area contributed by atoms with Gasteiger partial charge in [0.15, 0.2) is 5.78 Å². The van der Waals surface area contributed by atoms with Crippen LogP contribution in [0.25, 0.3) is 10.9 Å². The molecule has 3 rings (SSSR count). The molecule has 20 heavy (non-hydrogen) atoms. The first-order chi connectivity index (χ1) is 9.74. The molecule has 0 amide bonds. The number of fused-ring (bicyclic) bond motifs is 1. The van der Waals surface area contributed by atoms with Crippen molar-refractivity contribution >= 4 is 16.7 Å². The van der Waals surface area contributed by atoms with Crippen molar-refractivity contribution in [3.8, 4) is 0 Å². The van der Waals surface area contributed by atoms with Crippen LogP contribution in [-0.2, 0) is 17.8 Å². The molecule has 0 bridgehead atoms. The van der Waals surface area contributed by atoms with Crippen molar-refractivity contribution in [2.24, 2.45) is 0 Å². The fourth-order valence-electron chi connectivity index (χ4n) is 2.61. The Morgan fingerprint density at radius 1 is 1.00 bits per heavy atom. The lowest BCUT2D eigenvalue weighted by Crippen LogP contribution is -2.13. The van der Waals surface area contributed by atoms with Gasteiger partial charge < -0.3 is 4.57 Å². The largest absolute Gasteiger partial charge is 0.337 e. The molecule has 1 aromatic heterocycles. The maximum absolute atomic E-state index is 12.3. The van der Waals surface area contributed by atoms with E-state index in [1.165, 1.54) is 5.39 Å². The molecule has 0 fully saturated rings. The quantitative estimate of drug-likeness (QED) is 0.702. The summed E-state index contributed by atoms with van der Waals surface area (Å²) in [5.41, 5.74) is 3.34. The van der Waals surface area contributed by atoms with Crippen molar-refractivity contribution in [3.63, 3.8) is 0 Å². The van der Waals surface area contributed by atoms with Gasteiger partial charge in [-0.05, 0) is 30.0 Å². The van der Waals surface area contributed by atoms with E-state index >= 15 is 0 Å². The number of aryl methyl sites for hydroxylation is 1. The number of aromatic nitrogens is 1. The number of ketones is 1. The van der Waals surface area contributed by atoms with E-state index in [0.29, 0.717) is 13.0 Å². The van der Waals surface area contributed by atoms with Crippen molar-refractivity contribution in [1.29, 1.82) is 0 Å². The zero-order chi connectivity index (χ0) is 13.9. The summed E-state index contributed by atoms with van der Waals surface area (Å²) in [7, 11) is 0. The number of para-hydroxylation sites is 1. The molecule has 0 unspecified atom stereocenters. The molecule has 3 aromatic rings. The van der Waals surface area contributed by atoms with E-state index < -0.39 is 0 Å². The van der Waals surface area contributed by atoms with Crippen LogP contribution >= 0.6 is 0 Å². The molecule has 1 heterocycles. The highest BCUT2D eigenvalue weighted by molar-refractivity contribution is 5.86. The van der Waals surface area contributed by atoms with Crippen LogP contribution in [0.15, 0.2) is 60.7 Å². The predicted octanol–water partition coefficient (Wildman–Crippen LogP) is 3.76. The second-order valence-corrected chi connectivity index (χ2v) is 5.13. The molecule has 0 radical (unpaired) electrons. The predicted molar refractivity (Wildman–Crippen MR) is 81.8 cm³/mol. The van der Waals surface area contributed by atoms with E-state index in [1.54, 1.807) is 0 Å². The normalized spacial score (nSPS) is 10.8. The van der Waals surface area contributed by atoms with Gasteiger partial charge in [0, 0.05) is 17.6 Å². The Bertz CT molecular complexity index is 740. The molecule has 2 nitrogen and oxygen atoms in total. The summed E-state index contributed by atoms with van der Waals surface area (Å²) in [6.45, 7) is 2.49. The first-order valence-corrected chi connectivity index (χ1v) is 6.84. The van der Waals surface area contributed by atoms with Gasteiger partial charge in [-0.1, -0.05) is 48.5 Å². The number of rotatable bonds is 4. The minimum Gasteiger partial charge on any atom is -0.337 e. The number of hydrogen-bond acceptors (Lipinski definition) is 1. The molecule has 0 aliphatic heterocycles. The molecule has 0 aliphatic rings. The molecule has 0 saturated heterocycles. The topological polar surface area (TPSA) is 22.0 Å². The first kappa shape index (κ1) is 12.7. The Labute approximate surface area is 118 Å². The molecule has 2 aromatic carbocycles. The zero-order valence-corrected chi connectivity index (χ0v) is 11.5. The van der Waals surface area contributed by atoms with Crippen molar-refractivity contribution in [3.05, 3.63) is 71.9 Å². The lowest BCUT2D eigenvalue weighted by molar-refractivity contribution is -0.118. The highest BCUT2D eigenvalue weighted by Gasteiger charge is 2.09. The second-order valence-electron chi connectivity index (χ2n) is 5.13. The number of carbonyl (C=O) groups excluding carboxylic acids is 1. The highest BCUT2D eigenvalue weighted by atomic mass is 16.1. The summed E-state index contributed by atoms with van der Waals surface area (Å²) in [5.74, 6) is 0.237. The summed E-state index contributed by atoms with van der Waals surface area (Å²) in [5, 5.41) is 1.19. The highest BCUT2D eigenvalue weighted by Crippen LogP contribution is 2.19. The Balaban J connectivity index is 1.83. The summed E-state index contributed by atoms with van der Waals surface area (Å²) >= 11 is 0. The number of benzene rings is 2. The molecule has 100 valence electrons. The number of carbonyl (C=O) groups is 1. The zero-order valence-electron chi connectivity index (χ0n) is 11.5. The summed E-state index contributed by atoms with van der Waals surface area (Å²) in [6, 6.07) is 20.2. The van der Waals surface area contributed by atoms with Crippen LogP contribution in [0.5, 0.6) is 0 Å². The molecule has 2 heteroatoms. The van der Waals surface area contributed by atoms with E-state index in [4.69, 9.17) is 0 Å². The van der Waals surface area contributed by atoms with Gasteiger partial charge in [-0.15, -0.1) is 0 Å². The molecular weight excluding hydrogens is 246 g/mol. The number of nitrogens with zero attached hydrogens (tertiary/aromatic N) is 1. The van der Waals surface area contributed by atoms with E-state index in [2.05, 4.69) is 29.7 Å². The lowest BCUT2D eigenvalue weighted by Gasteiger charge is -2.07. The second kappa shape index (κ2) is 5.33. The average Bonchev–Trinajstić information content (AvgIpc) is 2.76. The van der Waals surface area contributed by atoms with Gasteiger partial charge in [0.2, 0.25) is 0 Å². The van der Waals surface area contributed by atoms with E-state index in [1.807, 2.05) is 42.5 Å². The van der Waals surface area contributed by atoms with Gasteiger partial charge in [-0.25, -0.2) is 0 Å². The Hall–Kier alpha value is -2.35. The van der Waals surface area contributed by atoms with Gasteiger partial charge >= 0.3 is 0 Å². The van der Waals surface area contributed by atoms with Crippen LogP contribution in [0.3, 0.4) is 0 Å². The third-order valence-electron chi connectivity index (χ3n) is 3.60. The van der Waals surface area contributed by atoms with Crippen LogP contribution in [0.2, 0.25) is 0 Å². The van der Waals surface area contributed by atoms with Crippen molar-refractivity contribution < 1.29 is 4.79 Å². The lowest BCUT2D eigenvalue weighted by atomic mass is 10.1. The van der Waals surface area contributed by atoms with Gasteiger partial charge in [0.1, 0.15) is 0 Å². The molecule has 0 spiro atoms. The summed E-state index contributed by atoms with van der Waals surface area (Å²) in [6.07, 6.45) is 0.493. The summed E-state index contributed by atoms with van der Waals surface area (Å²) in [4.78, 5) is 12.3. The fraction of sp³-hybridized carbons (Fsp3) is 0.167. The average molecular weight is 263 g/mol. The van der Waals surface area contributed by atoms with Crippen LogP contribution < -0.4 is 0 Å². The first-order valence-electron chi connectivity index (χ1n) is 6.84. The van der Waals surface area contributed by atoms with Crippen LogP contribution in [0, 0.1) is 6.92 Å². The maximum Gasteiger partial charge on any atom is 0.156 e. The van der Waals surface area contributed by atoms with E-state index in [9.17, 15) is 4.79 Å². The molecule has 0 saturated carbocycles. The van der Waals surface area contributed by atoms with Crippen molar-refractivity contribution in [2.75, 3.05) is 0 Å². The Morgan fingerprint density at radius 2 is 1.70 bits per heavy atom. The number of hydrogen-bond donors (Lipinski definition) is 0. The molecule has 0 aliphatic carbocycles. The van der Waals surface area contributed by atoms with Gasteiger partial charge in [0.25, 0.3) is 0 Å². The maximum atomic E-state index is 12.3. The molecular formula is C18H17NO. The fourth-order valence-corrected chi connectivity index (χ4v) is 2.61. The third-order valence-corrected chi connectivity index (χ3v) is 3.60. The Morgan fingerprint density at radius 3 is 2.50 bits per heavy atom. The number of Topliss-reactive ketones (excluding diaryl/α,β-unsaturated/α-hetero) is 1. The van der Waals surface area contributed by atoms with Gasteiger partial charge in [-0.3, -0.25) is 4.79 Å². The van der Waals surface area contributed by atoms with E-state index in [-0.39, 0.29) is 5.78 Å². The van der Waals surface area contributed by atoms with Gasteiger partial charge in [0.05, 0.1) is 6.54 Å². The smallest absolute Gasteiger partial charge is 0.156 e. The molecule has 0 atom stereocenters. The van der Waals surface area contributed by atoms with Crippen LogP contribution in [0.4, 0.5) is 0 Å². The van der Waals surface area contributed by atoms with Crippen molar-refractivity contribution in [1.82, 2.24) is 4.57 Å². The third kappa shape index (κ3) is 2.50. The molecule has 0 N–H and O–H groups in total. The van der Waals surface area contributed by atoms with Crippen LogP contribution in [-0.4, -0.2) is 10.4 Å². The monoisotopic (exact) mass is 263 g/mol. The summed E-state index contributed by atoms with van der Waals surface area (Å²) < 4.78 is 2.10.